The summed E-state index contributed by atoms with van der Waals surface area (Å²) >= 11 is 1.36. The van der Waals surface area contributed by atoms with Gasteiger partial charge in [0.25, 0.3) is 0 Å². The molecule has 2 aromatic rings. The summed E-state index contributed by atoms with van der Waals surface area (Å²) in [6.45, 7) is 1.88. The molecular formula is C15H18N2O3S. The van der Waals surface area contributed by atoms with Crippen molar-refractivity contribution in [2.45, 2.75) is 19.4 Å². The first kappa shape index (κ1) is 15.4. The zero-order valence-electron chi connectivity index (χ0n) is 11.8. The first-order chi connectivity index (χ1) is 10.1. The van der Waals surface area contributed by atoms with Gasteiger partial charge in [0.05, 0.1) is 11.8 Å². The van der Waals surface area contributed by atoms with Crippen molar-refractivity contribution in [1.82, 2.24) is 5.32 Å². The minimum atomic E-state index is -0.365. The van der Waals surface area contributed by atoms with E-state index in [1.54, 1.807) is 0 Å². The fourth-order valence-electron chi connectivity index (χ4n) is 1.94. The number of furan rings is 1. The maximum Gasteiger partial charge on any atom is 0.227 e. The number of carbonyl (C=O) groups is 2. The molecule has 0 aliphatic heterocycles. The molecule has 6 heteroatoms. The van der Waals surface area contributed by atoms with Gasteiger partial charge in [0.2, 0.25) is 11.8 Å². The Morgan fingerprint density at radius 1 is 1.38 bits per heavy atom. The van der Waals surface area contributed by atoms with Gasteiger partial charge in [-0.15, -0.1) is 0 Å². The lowest BCUT2D eigenvalue weighted by atomic mass is 10.2. The van der Waals surface area contributed by atoms with Gasteiger partial charge >= 0.3 is 0 Å². The highest BCUT2D eigenvalue weighted by atomic mass is 32.2. The van der Waals surface area contributed by atoms with E-state index >= 15 is 0 Å². The quantitative estimate of drug-likeness (QED) is 0.768. The summed E-state index contributed by atoms with van der Waals surface area (Å²) in [6.07, 6.45) is 0.350. The summed E-state index contributed by atoms with van der Waals surface area (Å²) in [4.78, 5) is 22.4. The number of primary amides is 1. The largest absolute Gasteiger partial charge is 0.459 e. The lowest BCUT2D eigenvalue weighted by Crippen LogP contribution is -2.26. The topological polar surface area (TPSA) is 85.3 Å². The van der Waals surface area contributed by atoms with E-state index in [2.05, 4.69) is 5.32 Å². The van der Waals surface area contributed by atoms with Crippen LogP contribution in [0.3, 0.4) is 0 Å². The van der Waals surface area contributed by atoms with Gasteiger partial charge in [-0.3, -0.25) is 9.59 Å². The molecule has 2 amide bonds. The molecule has 1 aromatic carbocycles. The van der Waals surface area contributed by atoms with Gasteiger partial charge in [0.15, 0.2) is 0 Å². The van der Waals surface area contributed by atoms with E-state index in [1.165, 1.54) is 11.8 Å². The smallest absolute Gasteiger partial charge is 0.227 e. The standard InChI is InChI=1S/C15H18N2O3S/c1-10(17-15(19)6-7-21-9-14(16)18)13-8-11-4-2-3-5-12(11)20-13/h2-5,8,10H,6-7,9H2,1H3,(H2,16,18)(H,17,19). The fourth-order valence-corrected chi connectivity index (χ4v) is 2.61. The molecule has 0 aliphatic rings. The van der Waals surface area contributed by atoms with E-state index in [4.69, 9.17) is 10.2 Å². The number of nitrogens with one attached hydrogen (secondary N) is 1. The normalized spacial score (nSPS) is 12.2. The molecule has 112 valence electrons. The zero-order valence-corrected chi connectivity index (χ0v) is 12.6. The molecule has 0 saturated carbocycles. The van der Waals surface area contributed by atoms with Crippen LogP contribution >= 0.6 is 11.8 Å². The van der Waals surface area contributed by atoms with Crippen molar-refractivity contribution in [3.05, 3.63) is 36.1 Å². The second-order valence-corrected chi connectivity index (χ2v) is 5.85. The zero-order chi connectivity index (χ0) is 15.2. The number of fused-ring (bicyclic) bond motifs is 1. The van der Waals surface area contributed by atoms with Crippen LogP contribution in [0, 0.1) is 0 Å². The third-order valence-corrected chi connectivity index (χ3v) is 3.95. The van der Waals surface area contributed by atoms with E-state index in [0.29, 0.717) is 12.2 Å². The van der Waals surface area contributed by atoms with Gasteiger partial charge in [-0.2, -0.15) is 11.8 Å². The van der Waals surface area contributed by atoms with Crippen LogP contribution in [0.2, 0.25) is 0 Å². The van der Waals surface area contributed by atoms with Crippen LogP contribution in [-0.2, 0) is 9.59 Å². The maximum absolute atomic E-state index is 11.8. The number of hydrogen-bond acceptors (Lipinski definition) is 4. The van der Waals surface area contributed by atoms with Gasteiger partial charge in [0, 0.05) is 17.6 Å². The van der Waals surface area contributed by atoms with Crippen molar-refractivity contribution in [3.63, 3.8) is 0 Å². The van der Waals surface area contributed by atoms with Crippen LogP contribution in [0.15, 0.2) is 34.7 Å². The fraction of sp³-hybridized carbons (Fsp3) is 0.333. The van der Waals surface area contributed by atoms with Gasteiger partial charge in [0.1, 0.15) is 11.3 Å². The second kappa shape index (κ2) is 7.17. The lowest BCUT2D eigenvalue weighted by molar-refractivity contribution is -0.121. The Labute approximate surface area is 127 Å². The molecule has 1 unspecified atom stereocenters. The Morgan fingerprint density at radius 3 is 2.86 bits per heavy atom. The lowest BCUT2D eigenvalue weighted by Gasteiger charge is -2.11. The van der Waals surface area contributed by atoms with Crippen molar-refractivity contribution in [1.29, 1.82) is 0 Å². The highest BCUT2D eigenvalue weighted by Gasteiger charge is 2.13. The van der Waals surface area contributed by atoms with Crippen LogP contribution in [0.25, 0.3) is 11.0 Å². The van der Waals surface area contributed by atoms with Crippen molar-refractivity contribution in [3.8, 4) is 0 Å². The molecule has 0 radical (unpaired) electrons. The van der Waals surface area contributed by atoms with Crippen LogP contribution in [0.5, 0.6) is 0 Å². The van der Waals surface area contributed by atoms with E-state index in [9.17, 15) is 9.59 Å². The van der Waals surface area contributed by atoms with Crippen molar-refractivity contribution >= 4 is 34.5 Å². The van der Waals surface area contributed by atoms with Crippen LogP contribution < -0.4 is 11.1 Å². The molecule has 0 bridgehead atoms. The average molecular weight is 306 g/mol. The minimum absolute atomic E-state index is 0.0695. The van der Waals surface area contributed by atoms with Gasteiger partial charge in [-0.25, -0.2) is 0 Å². The number of para-hydroxylation sites is 1. The number of carbonyl (C=O) groups excluding carboxylic acids is 2. The molecule has 0 saturated heterocycles. The Balaban J connectivity index is 1.84. The summed E-state index contributed by atoms with van der Waals surface area (Å²) in [7, 11) is 0. The Kier molecular flexibility index (Phi) is 5.27. The van der Waals surface area contributed by atoms with Gasteiger partial charge < -0.3 is 15.5 Å². The molecule has 3 N–H and O–H groups in total. The molecule has 0 spiro atoms. The molecule has 2 rings (SSSR count). The SMILES string of the molecule is CC(NC(=O)CCSCC(N)=O)c1cc2ccccc2o1. The molecular weight excluding hydrogens is 288 g/mol. The summed E-state index contributed by atoms with van der Waals surface area (Å²) in [5, 5.41) is 3.90. The number of benzene rings is 1. The number of amides is 2. The summed E-state index contributed by atoms with van der Waals surface area (Å²) in [5.41, 5.74) is 5.84. The Bertz CT molecular complexity index is 606. The first-order valence-corrected chi connectivity index (χ1v) is 7.85. The van der Waals surface area contributed by atoms with Crippen molar-refractivity contribution in [2.75, 3.05) is 11.5 Å². The monoisotopic (exact) mass is 306 g/mol. The van der Waals surface area contributed by atoms with E-state index < -0.39 is 0 Å². The van der Waals surface area contributed by atoms with E-state index in [1.807, 2.05) is 37.3 Å². The summed E-state index contributed by atoms with van der Waals surface area (Å²) < 4.78 is 5.71. The van der Waals surface area contributed by atoms with E-state index in [0.717, 1.165) is 16.7 Å². The number of thioether (sulfide) groups is 1. The number of nitrogens with two attached hydrogens (primary N) is 1. The number of rotatable bonds is 7. The van der Waals surface area contributed by atoms with E-state index in [-0.39, 0.29) is 23.6 Å². The molecule has 21 heavy (non-hydrogen) atoms. The van der Waals surface area contributed by atoms with Crippen LogP contribution in [-0.4, -0.2) is 23.3 Å². The van der Waals surface area contributed by atoms with Crippen LogP contribution in [0.4, 0.5) is 0 Å². The van der Waals surface area contributed by atoms with Crippen molar-refractivity contribution in [2.24, 2.45) is 5.73 Å². The summed E-state index contributed by atoms with van der Waals surface area (Å²) in [5.74, 6) is 1.11. The highest BCUT2D eigenvalue weighted by molar-refractivity contribution is 7.99. The number of hydrogen-bond donors (Lipinski definition) is 2. The van der Waals surface area contributed by atoms with Gasteiger partial charge in [-0.1, -0.05) is 18.2 Å². The van der Waals surface area contributed by atoms with Crippen LogP contribution in [0.1, 0.15) is 25.1 Å². The molecule has 1 atom stereocenters. The Morgan fingerprint density at radius 2 is 2.14 bits per heavy atom. The molecule has 1 aromatic heterocycles. The average Bonchev–Trinajstić information content (AvgIpc) is 2.87. The molecule has 0 aliphatic carbocycles. The summed E-state index contributed by atoms with van der Waals surface area (Å²) in [6, 6.07) is 9.47. The van der Waals surface area contributed by atoms with Crippen molar-refractivity contribution < 1.29 is 14.0 Å². The molecule has 1 heterocycles. The predicted molar refractivity (Wildman–Crippen MR) is 83.9 cm³/mol. The third-order valence-electron chi connectivity index (χ3n) is 2.97. The maximum atomic E-state index is 11.8. The minimum Gasteiger partial charge on any atom is -0.459 e. The third kappa shape index (κ3) is 4.53. The highest BCUT2D eigenvalue weighted by Crippen LogP contribution is 2.23. The second-order valence-electron chi connectivity index (χ2n) is 4.74. The Hall–Kier alpha value is -1.95. The first-order valence-electron chi connectivity index (χ1n) is 6.70. The van der Waals surface area contributed by atoms with Gasteiger partial charge in [-0.05, 0) is 19.1 Å². The molecule has 5 nitrogen and oxygen atoms in total. The molecule has 0 fully saturated rings. The predicted octanol–water partition coefficient (Wildman–Crippen LogP) is 2.22.